The summed E-state index contributed by atoms with van der Waals surface area (Å²) < 4.78 is 38.1. The number of hydrazone groups is 1. The number of halogens is 1. The number of carbonyl (C=O) groups excluding carboxylic acids is 1. The summed E-state index contributed by atoms with van der Waals surface area (Å²) in [5.74, 6) is 0.521. The van der Waals surface area contributed by atoms with Crippen molar-refractivity contribution in [2.24, 2.45) is 5.10 Å². The number of hydrogen-bond acceptors (Lipinski definition) is 6. The zero-order valence-electron chi connectivity index (χ0n) is 18.6. The molecule has 0 aromatic heterocycles. The number of ether oxygens (including phenoxy) is 2. The number of nitrogens with one attached hydrogen (secondary N) is 1. The number of nitrogens with zero attached hydrogens (tertiary/aromatic N) is 2. The summed E-state index contributed by atoms with van der Waals surface area (Å²) in [6.45, 7) is -0.424. The van der Waals surface area contributed by atoms with E-state index in [1.165, 1.54) is 37.6 Å². The van der Waals surface area contributed by atoms with Crippen LogP contribution in [0.1, 0.15) is 11.1 Å². The fourth-order valence-electron chi connectivity index (χ4n) is 3.06. The lowest BCUT2D eigenvalue weighted by atomic mass is 10.2. The Bertz CT molecular complexity index is 1250. The molecule has 0 aliphatic heterocycles. The van der Waals surface area contributed by atoms with Crippen molar-refractivity contribution in [3.8, 4) is 11.5 Å². The molecule has 0 heterocycles. The van der Waals surface area contributed by atoms with Crippen molar-refractivity contribution in [1.82, 2.24) is 9.73 Å². The Morgan fingerprint density at radius 2 is 1.74 bits per heavy atom. The van der Waals surface area contributed by atoms with Gasteiger partial charge in [-0.05, 0) is 42.0 Å². The van der Waals surface area contributed by atoms with Crippen molar-refractivity contribution in [1.29, 1.82) is 0 Å². The topological polar surface area (TPSA) is 97.3 Å². The van der Waals surface area contributed by atoms with Gasteiger partial charge in [0.15, 0.2) is 0 Å². The molecule has 0 aliphatic rings. The van der Waals surface area contributed by atoms with Crippen molar-refractivity contribution in [2.45, 2.75) is 11.4 Å². The molecule has 3 rings (SSSR count). The number of amides is 1. The Morgan fingerprint density at radius 1 is 1.03 bits per heavy atom. The molecule has 0 bridgehead atoms. The molecule has 0 unspecified atom stereocenters. The maximum Gasteiger partial charge on any atom is 0.255 e. The summed E-state index contributed by atoms with van der Waals surface area (Å²) in [6.07, 6.45) is 1.41. The van der Waals surface area contributed by atoms with Crippen LogP contribution >= 0.6 is 11.6 Å². The van der Waals surface area contributed by atoms with Crippen LogP contribution in [-0.2, 0) is 21.4 Å². The summed E-state index contributed by atoms with van der Waals surface area (Å²) in [4.78, 5) is 12.7. The Labute approximate surface area is 203 Å². The first-order valence-electron chi connectivity index (χ1n) is 10.2. The first-order valence-corrected chi connectivity index (χ1v) is 12.0. The van der Waals surface area contributed by atoms with Gasteiger partial charge in [0, 0.05) is 23.2 Å². The molecule has 0 saturated heterocycles. The molecule has 1 N–H and O–H groups in total. The minimum atomic E-state index is -3.98. The highest BCUT2D eigenvalue weighted by molar-refractivity contribution is 7.89. The van der Waals surface area contributed by atoms with E-state index in [1.807, 2.05) is 6.07 Å². The second kappa shape index (κ2) is 11.6. The Hall–Kier alpha value is -3.40. The minimum Gasteiger partial charge on any atom is -0.497 e. The van der Waals surface area contributed by atoms with E-state index < -0.39 is 22.5 Å². The normalized spacial score (nSPS) is 11.5. The van der Waals surface area contributed by atoms with Crippen LogP contribution < -0.4 is 14.9 Å². The van der Waals surface area contributed by atoms with E-state index in [9.17, 15) is 13.2 Å². The Morgan fingerprint density at radius 3 is 2.38 bits per heavy atom. The maximum atomic E-state index is 13.3. The molecule has 0 atom stereocenters. The van der Waals surface area contributed by atoms with E-state index in [-0.39, 0.29) is 11.4 Å². The van der Waals surface area contributed by atoms with Crippen molar-refractivity contribution >= 4 is 33.7 Å². The van der Waals surface area contributed by atoms with Gasteiger partial charge >= 0.3 is 0 Å². The Balaban J connectivity index is 1.77. The number of benzene rings is 3. The minimum absolute atomic E-state index is 0.00916. The number of sulfonamides is 1. The Kier molecular flexibility index (Phi) is 8.64. The van der Waals surface area contributed by atoms with Gasteiger partial charge < -0.3 is 9.47 Å². The third-order valence-corrected chi connectivity index (χ3v) is 6.86. The summed E-state index contributed by atoms with van der Waals surface area (Å²) in [7, 11) is -0.927. The quantitative estimate of drug-likeness (QED) is 0.337. The maximum absolute atomic E-state index is 13.3. The predicted molar refractivity (Wildman–Crippen MR) is 131 cm³/mol. The molecule has 0 radical (unpaired) electrons. The SMILES string of the molecule is COc1ccc(/C=N\NC(=O)CN(Cc2ccccc2)S(=O)(=O)c2ccc(Cl)cc2)c(OC)c1. The van der Waals surface area contributed by atoms with Gasteiger partial charge in [0.25, 0.3) is 5.91 Å². The van der Waals surface area contributed by atoms with Gasteiger partial charge in [0.2, 0.25) is 10.0 Å². The predicted octanol–water partition coefficient (Wildman–Crippen LogP) is 3.70. The van der Waals surface area contributed by atoms with Crippen molar-refractivity contribution in [3.63, 3.8) is 0 Å². The van der Waals surface area contributed by atoms with Crippen LogP contribution in [0.2, 0.25) is 5.02 Å². The molecule has 0 fully saturated rings. The lowest BCUT2D eigenvalue weighted by Gasteiger charge is -2.21. The van der Waals surface area contributed by atoms with E-state index in [0.29, 0.717) is 22.1 Å². The fourth-order valence-corrected chi connectivity index (χ4v) is 4.57. The fraction of sp³-hybridized carbons (Fsp3) is 0.167. The number of methoxy groups -OCH3 is 2. The lowest BCUT2D eigenvalue weighted by Crippen LogP contribution is -2.39. The van der Waals surface area contributed by atoms with Gasteiger partial charge in [-0.1, -0.05) is 41.9 Å². The third-order valence-electron chi connectivity index (χ3n) is 4.81. The first-order chi connectivity index (χ1) is 16.3. The van der Waals surface area contributed by atoms with Crippen LogP contribution in [-0.4, -0.2) is 45.6 Å². The van der Waals surface area contributed by atoms with E-state index in [1.54, 1.807) is 49.6 Å². The van der Waals surface area contributed by atoms with E-state index in [4.69, 9.17) is 21.1 Å². The molecule has 0 saturated carbocycles. The van der Waals surface area contributed by atoms with Gasteiger partial charge in [-0.3, -0.25) is 4.79 Å². The van der Waals surface area contributed by atoms with E-state index in [2.05, 4.69) is 10.5 Å². The molecule has 1 amide bonds. The monoisotopic (exact) mass is 501 g/mol. The number of carbonyl (C=O) groups is 1. The lowest BCUT2D eigenvalue weighted by molar-refractivity contribution is -0.121. The summed E-state index contributed by atoms with van der Waals surface area (Å²) in [5.41, 5.74) is 3.72. The first kappa shape index (κ1) is 25.2. The molecule has 3 aromatic rings. The second-order valence-electron chi connectivity index (χ2n) is 7.11. The molecule has 34 heavy (non-hydrogen) atoms. The standard InChI is InChI=1S/C24H24ClN3O5S/c1-32-21-11-8-19(23(14-21)33-2)15-26-27-24(29)17-28(16-18-6-4-3-5-7-18)34(30,31)22-12-9-20(25)10-13-22/h3-15H,16-17H2,1-2H3,(H,27,29)/b26-15-. The molecule has 10 heteroatoms. The van der Waals surface area contributed by atoms with Crippen LogP contribution in [0.4, 0.5) is 0 Å². The highest BCUT2D eigenvalue weighted by atomic mass is 35.5. The van der Waals surface area contributed by atoms with Gasteiger partial charge in [-0.25, -0.2) is 13.8 Å². The van der Waals surface area contributed by atoms with Crippen LogP contribution in [0, 0.1) is 0 Å². The van der Waals surface area contributed by atoms with E-state index in [0.717, 1.165) is 9.87 Å². The third kappa shape index (κ3) is 6.57. The summed E-state index contributed by atoms with van der Waals surface area (Å²) in [6, 6.07) is 19.9. The molecule has 178 valence electrons. The van der Waals surface area contributed by atoms with Crippen LogP contribution in [0.25, 0.3) is 0 Å². The molecule has 0 aliphatic carbocycles. The number of rotatable bonds is 10. The van der Waals surface area contributed by atoms with Gasteiger partial charge in [-0.2, -0.15) is 9.41 Å². The molecule has 8 nitrogen and oxygen atoms in total. The van der Waals surface area contributed by atoms with Crippen molar-refractivity contribution in [3.05, 3.63) is 88.9 Å². The van der Waals surface area contributed by atoms with Crippen molar-refractivity contribution in [2.75, 3.05) is 20.8 Å². The van der Waals surface area contributed by atoms with Crippen LogP contribution in [0.5, 0.6) is 11.5 Å². The van der Waals surface area contributed by atoms with Crippen LogP contribution in [0.3, 0.4) is 0 Å². The molecular weight excluding hydrogens is 478 g/mol. The number of hydrogen-bond donors (Lipinski definition) is 1. The molecule has 0 spiro atoms. The molecule has 3 aromatic carbocycles. The largest absolute Gasteiger partial charge is 0.497 e. The summed E-state index contributed by atoms with van der Waals surface area (Å²) in [5, 5.41) is 4.36. The van der Waals surface area contributed by atoms with Crippen LogP contribution in [0.15, 0.2) is 82.8 Å². The molecular formula is C24H24ClN3O5S. The average Bonchev–Trinajstić information content (AvgIpc) is 2.84. The average molecular weight is 502 g/mol. The van der Waals surface area contributed by atoms with Gasteiger partial charge in [-0.15, -0.1) is 0 Å². The summed E-state index contributed by atoms with van der Waals surface area (Å²) >= 11 is 5.90. The van der Waals surface area contributed by atoms with Gasteiger partial charge in [0.1, 0.15) is 11.5 Å². The van der Waals surface area contributed by atoms with Crippen molar-refractivity contribution < 1.29 is 22.7 Å². The zero-order valence-corrected chi connectivity index (χ0v) is 20.2. The highest BCUT2D eigenvalue weighted by Gasteiger charge is 2.27. The highest BCUT2D eigenvalue weighted by Crippen LogP contribution is 2.23. The van der Waals surface area contributed by atoms with E-state index >= 15 is 0 Å². The van der Waals surface area contributed by atoms with Gasteiger partial charge in [0.05, 0.1) is 31.9 Å². The second-order valence-corrected chi connectivity index (χ2v) is 9.49. The zero-order chi connectivity index (χ0) is 24.6. The smallest absolute Gasteiger partial charge is 0.255 e.